The van der Waals surface area contributed by atoms with Crippen molar-refractivity contribution < 1.29 is 32.6 Å². The predicted molar refractivity (Wildman–Crippen MR) is 215 cm³/mol. The van der Waals surface area contributed by atoms with E-state index in [1.165, 1.54) is 17.0 Å². The van der Waals surface area contributed by atoms with Crippen LogP contribution >= 0.6 is 0 Å². The third-order valence-corrected chi connectivity index (χ3v) is 13.7. The number of carbonyl (C=O) groups is 3. The Balaban J connectivity index is 1.15. The largest absolute Gasteiger partial charge is 0.444 e. The molecule has 1 aromatic heterocycles. The minimum atomic E-state index is -1.29. The van der Waals surface area contributed by atoms with Crippen molar-refractivity contribution in [1.82, 2.24) is 14.8 Å². The van der Waals surface area contributed by atoms with Crippen molar-refractivity contribution in [2.75, 3.05) is 31.3 Å². The lowest BCUT2D eigenvalue weighted by atomic mass is 9.79. The van der Waals surface area contributed by atoms with Crippen LogP contribution in [-0.4, -0.2) is 78.3 Å². The van der Waals surface area contributed by atoms with Gasteiger partial charge < -0.3 is 14.4 Å². The van der Waals surface area contributed by atoms with E-state index in [-0.39, 0.29) is 37.2 Å². The molecule has 0 radical (unpaired) electrons. The fraction of sp³-hybridized carbons (Fsp3) is 0.500. The molecule has 56 heavy (non-hydrogen) atoms. The second kappa shape index (κ2) is 14.5. The molecular formula is C44H54F2N4O5Si. The van der Waals surface area contributed by atoms with Gasteiger partial charge in [-0.15, -0.1) is 0 Å². The molecule has 1 saturated heterocycles. The summed E-state index contributed by atoms with van der Waals surface area (Å²) in [5, 5.41) is 0. The molecule has 2 aliphatic heterocycles. The molecule has 4 aliphatic rings. The van der Waals surface area contributed by atoms with E-state index in [1.54, 1.807) is 43.7 Å². The van der Waals surface area contributed by atoms with Crippen LogP contribution in [0.4, 0.5) is 19.4 Å². The summed E-state index contributed by atoms with van der Waals surface area (Å²) in [5.74, 6) is -1.12. The Labute approximate surface area is 330 Å². The van der Waals surface area contributed by atoms with Gasteiger partial charge in [0.2, 0.25) is 11.8 Å². The molecule has 1 saturated carbocycles. The van der Waals surface area contributed by atoms with Gasteiger partial charge in [0.15, 0.2) is 0 Å². The highest BCUT2D eigenvalue weighted by molar-refractivity contribution is 6.76. The Hall–Kier alpha value is -4.42. The van der Waals surface area contributed by atoms with Crippen molar-refractivity contribution in [3.05, 3.63) is 100 Å². The highest BCUT2D eigenvalue weighted by Crippen LogP contribution is 2.50. The summed E-state index contributed by atoms with van der Waals surface area (Å²) in [7, 11) is -1.29. The SMILES string of the molecule is CC(C)(C)OC(=O)N1C[C@@](C)(c2cc(F)cc(F)c2)N(CC=Cc2ccc3c(c2)CC2(C3)C(=O)N(COCC[Si](C)(C)C)c3ncccc32)C(=O)C12CCCC2. The smallest absolute Gasteiger partial charge is 0.411 e. The zero-order valence-electron chi connectivity index (χ0n) is 33.7. The van der Waals surface area contributed by atoms with E-state index in [1.807, 2.05) is 30.4 Å². The summed E-state index contributed by atoms with van der Waals surface area (Å²) in [6.45, 7) is 14.9. The first-order valence-electron chi connectivity index (χ1n) is 19.8. The molecule has 9 nitrogen and oxygen atoms in total. The van der Waals surface area contributed by atoms with E-state index in [0.717, 1.165) is 47.2 Å². The number of nitrogens with zero attached hydrogens (tertiary/aromatic N) is 4. The molecule has 2 atom stereocenters. The Bertz CT molecular complexity index is 2050. The van der Waals surface area contributed by atoms with Gasteiger partial charge in [0.1, 0.15) is 35.3 Å². The van der Waals surface area contributed by atoms with Crippen molar-refractivity contribution in [3.63, 3.8) is 0 Å². The van der Waals surface area contributed by atoms with Crippen molar-refractivity contribution in [2.24, 2.45) is 0 Å². The van der Waals surface area contributed by atoms with Gasteiger partial charge in [0, 0.05) is 39.1 Å². The van der Waals surface area contributed by atoms with Crippen LogP contribution in [0.15, 0.2) is 60.8 Å². The molecule has 3 heterocycles. The third-order valence-electron chi connectivity index (χ3n) is 12.0. The summed E-state index contributed by atoms with van der Waals surface area (Å²) in [5.41, 5.74) is 0.310. The van der Waals surface area contributed by atoms with E-state index >= 15 is 0 Å². The second-order valence-corrected chi connectivity index (χ2v) is 24.1. The molecular weight excluding hydrogens is 731 g/mol. The van der Waals surface area contributed by atoms with E-state index in [2.05, 4.69) is 36.8 Å². The summed E-state index contributed by atoms with van der Waals surface area (Å²) in [6, 6.07) is 14.4. The van der Waals surface area contributed by atoms with Crippen LogP contribution in [0.1, 0.15) is 81.2 Å². The standard InChI is InChI=1S/C44H54F2N4O5Si/c1-41(2,3)55-40(53)50-28-42(4,33-23-34(45)25-35(46)24-33)49(39(52)44(50)16-8-9-17-44)19-11-12-30-14-15-31-26-43(27-32(31)22-30)36-13-10-18-47-37(36)48(38(43)51)29-54-20-21-56(5,6)7/h10-15,18,22-25H,8-9,16-17,19-21,26-29H2,1-7H3/t42-,43?/m0/s1. The van der Waals surface area contributed by atoms with E-state index < -0.39 is 47.9 Å². The van der Waals surface area contributed by atoms with E-state index in [0.29, 0.717) is 38.1 Å². The van der Waals surface area contributed by atoms with Crippen molar-refractivity contribution >= 4 is 37.9 Å². The lowest BCUT2D eigenvalue weighted by Crippen LogP contribution is -2.72. The number of carbonyl (C=O) groups excluding carboxylic acids is 3. The Morgan fingerprint density at radius 1 is 0.964 bits per heavy atom. The quantitative estimate of drug-likeness (QED) is 0.160. The zero-order valence-corrected chi connectivity index (χ0v) is 34.7. The number of pyridine rings is 1. The Morgan fingerprint density at radius 2 is 1.66 bits per heavy atom. The fourth-order valence-electron chi connectivity index (χ4n) is 9.08. The van der Waals surface area contributed by atoms with Crippen molar-refractivity contribution in [1.29, 1.82) is 0 Å². The van der Waals surface area contributed by atoms with Crippen LogP contribution in [0.2, 0.25) is 25.7 Å². The highest BCUT2D eigenvalue weighted by Gasteiger charge is 2.60. The minimum absolute atomic E-state index is 0.00504. The van der Waals surface area contributed by atoms with Crippen LogP contribution in [0, 0.1) is 11.6 Å². The average molecular weight is 785 g/mol. The minimum Gasteiger partial charge on any atom is -0.444 e. The molecule has 2 aliphatic carbocycles. The van der Waals surface area contributed by atoms with Gasteiger partial charge in [0.05, 0.1) is 17.5 Å². The average Bonchev–Trinajstić information content (AvgIpc) is 3.81. The molecule has 298 valence electrons. The molecule has 2 fully saturated rings. The molecule has 0 N–H and O–H groups in total. The van der Waals surface area contributed by atoms with Gasteiger partial charge in [-0.3, -0.25) is 19.4 Å². The van der Waals surface area contributed by atoms with Gasteiger partial charge in [0.25, 0.3) is 0 Å². The molecule has 12 heteroatoms. The number of fused-ring (bicyclic) bond motifs is 3. The fourth-order valence-corrected chi connectivity index (χ4v) is 9.83. The number of benzene rings is 2. The number of rotatable bonds is 9. The molecule has 3 aromatic rings. The van der Waals surface area contributed by atoms with Crippen LogP contribution < -0.4 is 4.90 Å². The normalized spacial score (nSPS) is 23.2. The van der Waals surface area contributed by atoms with E-state index in [4.69, 9.17) is 9.47 Å². The van der Waals surface area contributed by atoms with Gasteiger partial charge in [-0.1, -0.05) is 68.9 Å². The van der Waals surface area contributed by atoms with Gasteiger partial charge in [-0.05, 0) is 99.9 Å². The van der Waals surface area contributed by atoms with Crippen LogP contribution in [0.25, 0.3) is 6.08 Å². The zero-order chi connectivity index (χ0) is 40.3. The number of hydrogen-bond acceptors (Lipinski definition) is 6. The van der Waals surface area contributed by atoms with Gasteiger partial charge in [-0.2, -0.15) is 0 Å². The first-order valence-corrected chi connectivity index (χ1v) is 23.5. The Morgan fingerprint density at radius 3 is 2.34 bits per heavy atom. The first-order chi connectivity index (χ1) is 26.4. The number of ether oxygens (including phenoxy) is 2. The van der Waals surface area contributed by atoms with Crippen LogP contribution in [0.5, 0.6) is 0 Å². The molecule has 7 rings (SSSR count). The molecule has 3 amide bonds. The van der Waals surface area contributed by atoms with Crippen molar-refractivity contribution in [2.45, 2.75) is 114 Å². The molecule has 2 spiro atoms. The number of aromatic nitrogens is 1. The summed E-state index contributed by atoms with van der Waals surface area (Å²) in [6.07, 6.45) is 8.53. The maximum atomic E-state index is 14.8. The second-order valence-electron chi connectivity index (χ2n) is 18.5. The number of halogens is 2. The number of anilines is 1. The number of hydrogen-bond donors (Lipinski definition) is 0. The van der Waals surface area contributed by atoms with E-state index in [9.17, 15) is 23.2 Å². The van der Waals surface area contributed by atoms with Crippen molar-refractivity contribution in [3.8, 4) is 0 Å². The monoisotopic (exact) mass is 784 g/mol. The molecule has 2 aromatic carbocycles. The highest BCUT2D eigenvalue weighted by atomic mass is 28.3. The molecule has 1 unspecified atom stereocenters. The summed E-state index contributed by atoms with van der Waals surface area (Å²) < 4.78 is 41.4. The maximum Gasteiger partial charge on any atom is 0.411 e. The third kappa shape index (κ3) is 7.30. The van der Waals surface area contributed by atoms with Crippen LogP contribution in [-0.2, 0) is 42.9 Å². The Kier molecular flexibility index (Phi) is 10.3. The maximum absolute atomic E-state index is 14.8. The summed E-state index contributed by atoms with van der Waals surface area (Å²) in [4.78, 5) is 52.4. The number of piperazine rings is 1. The van der Waals surface area contributed by atoms with Gasteiger partial charge in [-0.25, -0.2) is 18.6 Å². The number of amides is 3. The van der Waals surface area contributed by atoms with Crippen LogP contribution in [0.3, 0.4) is 0 Å². The lowest BCUT2D eigenvalue weighted by Gasteiger charge is -2.56. The van der Waals surface area contributed by atoms with Gasteiger partial charge >= 0.3 is 6.09 Å². The summed E-state index contributed by atoms with van der Waals surface area (Å²) >= 11 is 0. The topological polar surface area (TPSA) is 92.3 Å². The lowest BCUT2D eigenvalue weighted by molar-refractivity contribution is -0.162. The molecule has 0 bridgehead atoms. The predicted octanol–water partition coefficient (Wildman–Crippen LogP) is 8.38. The first kappa shape index (κ1) is 39.8.